The first kappa shape index (κ1) is 17.6. The molecule has 25 heavy (non-hydrogen) atoms. The molecule has 1 aliphatic rings. The summed E-state index contributed by atoms with van der Waals surface area (Å²) in [5.41, 5.74) is 1.50. The molecule has 1 fully saturated rings. The summed E-state index contributed by atoms with van der Waals surface area (Å²) in [7, 11) is 1.29. The maximum absolute atomic E-state index is 12.3. The molecule has 7 heteroatoms. The van der Waals surface area contributed by atoms with Gasteiger partial charge in [0.25, 0.3) is 0 Å². The largest absolute Gasteiger partial charge is 0.468 e. The van der Waals surface area contributed by atoms with Gasteiger partial charge in [0, 0.05) is 9.40 Å². The molecular formula is C18H17BrN2O4. The van der Waals surface area contributed by atoms with Gasteiger partial charge in [-0.05, 0) is 23.3 Å². The van der Waals surface area contributed by atoms with E-state index < -0.39 is 30.0 Å². The van der Waals surface area contributed by atoms with Crippen LogP contribution >= 0.6 is 15.9 Å². The van der Waals surface area contributed by atoms with Gasteiger partial charge in [-0.25, -0.2) is 0 Å². The predicted octanol–water partition coefficient (Wildman–Crippen LogP) is 3.06. The number of nitrogens with one attached hydrogen (secondary N) is 1. The van der Waals surface area contributed by atoms with E-state index in [1.807, 2.05) is 54.6 Å². The Morgan fingerprint density at radius 1 is 1.12 bits per heavy atom. The second-order valence-electron chi connectivity index (χ2n) is 5.91. The van der Waals surface area contributed by atoms with Crippen molar-refractivity contribution in [2.24, 2.45) is 0 Å². The van der Waals surface area contributed by atoms with Crippen molar-refractivity contribution in [2.45, 2.75) is 24.0 Å². The molecule has 1 aliphatic heterocycles. The lowest BCUT2D eigenvalue weighted by Gasteiger charge is -2.19. The van der Waals surface area contributed by atoms with Gasteiger partial charge in [0.05, 0.1) is 13.0 Å². The summed E-state index contributed by atoms with van der Waals surface area (Å²) in [6.07, 6.45) is 0. The Morgan fingerprint density at radius 3 is 2.32 bits per heavy atom. The van der Waals surface area contributed by atoms with Crippen LogP contribution in [0.5, 0.6) is 0 Å². The summed E-state index contributed by atoms with van der Waals surface area (Å²) >= 11 is 3.36. The van der Waals surface area contributed by atoms with E-state index in [9.17, 15) is 14.9 Å². The van der Waals surface area contributed by atoms with Crippen LogP contribution in [0.4, 0.5) is 0 Å². The van der Waals surface area contributed by atoms with Crippen LogP contribution in [0.25, 0.3) is 0 Å². The quantitative estimate of drug-likeness (QED) is 0.481. The minimum atomic E-state index is -0.979. The fourth-order valence-electron chi connectivity index (χ4n) is 3.42. The number of halogens is 1. The van der Waals surface area contributed by atoms with E-state index in [4.69, 9.17) is 4.74 Å². The third-order valence-electron chi connectivity index (χ3n) is 4.54. The van der Waals surface area contributed by atoms with Crippen molar-refractivity contribution in [2.75, 3.05) is 7.11 Å². The second kappa shape index (κ2) is 7.33. The molecule has 2 aromatic carbocycles. The highest BCUT2D eigenvalue weighted by Gasteiger charge is 2.54. The number of hydrogen-bond donors (Lipinski definition) is 1. The van der Waals surface area contributed by atoms with Crippen molar-refractivity contribution < 1.29 is 14.5 Å². The Morgan fingerprint density at radius 2 is 1.76 bits per heavy atom. The molecule has 0 bridgehead atoms. The van der Waals surface area contributed by atoms with Gasteiger partial charge in [0.2, 0.25) is 6.04 Å². The van der Waals surface area contributed by atoms with Crippen LogP contribution in [-0.4, -0.2) is 30.1 Å². The standard InChI is InChI=1S/C18H17BrN2O4/c1-25-18(22)16-14(11-5-3-2-4-6-11)17(21(23)24)15(20-16)12-7-9-13(19)10-8-12/h2-10,14-17,20H,1H3/t14-,15+,16+,17+/m1/s1. The number of carbonyl (C=O) groups is 1. The third kappa shape index (κ3) is 3.43. The summed E-state index contributed by atoms with van der Waals surface area (Å²) < 4.78 is 5.77. The first-order valence-electron chi connectivity index (χ1n) is 7.80. The van der Waals surface area contributed by atoms with Crippen LogP contribution < -0.4 is 5.32 Å². The van der Waals surface area contributed by atoms with E-state index in [0.29, 0.717) is 0 Å². The summed E-state index contributed by atoms with van der Waals surface area (Å²) in [5, 5.41) is 15.0. The molecule has 3 rings (SSSR count). The normalized spacial score (nSPS) is 25.5. The van der Waals surface area contributed by atoms with E-state index >= 15 is 0 Å². The summed E-state index contributed by atoms with van der Waals surface area (Å²) in [4.78, 5) is 23.9. The van der Waals surface area contributed by atoms with Crippen LogP contribution in [0, 0.1) is 10.1 Å². The third-order valence-corrected chi connectivity index (χ3v) is 5.07. The highest BCUT2D eigenvalue weighted by molar-refractivity contribution is 9.10. The van der Waals surface area contributed by atoms with Gasteiger partial charge < -0.3 is 4.74 Å². The maximum atomic E-state index is 12.3. The number of hydrogen-bond acceptors (Lipinski definition) is 5. The second-order valence-corrected chi connectivity index (χ2v) is 6.82. The van der Waals surface area contributed by atoms with Crippen molar-refractivity contribution in [3.8, 4) is 0 Å². The molecule has 0 amide bonds. The number of nitrogens with zero attached hydrogens (tertiary/aromatic N) is 1. The number of carbonyl (C=O) groups excluding carboxylic acids is 1. The van der Waals surface area contributed by atoms with Crippen molar-refractivity contribution >= 4 is 21.9 Å². The van der Waals surface area contributed by atoms with Gasteiger partial charge in [-0.1, -0.05) is 58.4 Å². The maximum Gasteiger partial charge on any atom is 0.323 e. The van der Waals surface area contributed by atoms with Gasteiger partial charge in [-0.15, -0.1) is 0 Å². The SMILES string of the molecule is COC(=O)[C@H]1N[C@@H](c2ccc(Br)cc2)[C@@H]([N+](=O)[O-])[C@@H]1c1ccccc1. The number of esters is 1. The van der Waals surface area contributed by atoms with Crippen LogP contribution in [0.2, 0.25) is 0 Å². The molecule has 4 atom stereocenters. The number of nitro groups is 1. The smallest absolute Gasteiger partial charge is 0.323 e. The monoisotopic (exact) mass is 404 g/mol. The van der Waals surface area contributed by atoms with Crippen molar-refractivity contribution in [3.05, 3.63) is 80.3 Å². The van der Waals surface area contributed by atoms with Gasteiger partial charge in [0.1, 0.15) is 12.1 Å². The Kier molecular flexibility index (Phi) is 5.15. The van der Waals surface area contributed by atoms with E-state index in [1.54, 1.807) is 0 Å². The van der Waals surface area contributed by atoms with Gasteiger partial charge in [0.15, 0.2) is 0 Å². The van der Waals surface area contributed by atoms with E-state index in [-0.39, 0.29) is 4.92 Å². The zero-order chi connectivity index (χ0) is 18.0. The molecule has 0 radical (unpaired) electrons. The van der Waals surface area contributed by atoms with Crippen LogP contribution in [-0.2, 0) is 9.53 Å². The zero-order valence-electron chi connectivity index (χ0n) is 13.5. The summed E-state index contributed by atoms with van der Waals surface area (Å²) in [6, 6.07) is 14.0. The molecule has 0 spiro atoms. The van der Waals surface area contributed by atoms with Gasteiger partial charge >= 0.3 is 5.97 Å². The van der Waals surface area contributed by atoms with Crippen LogP contribution in [0.3, 0.4) is 0 Å². The minimum Gasteiger partial charge on any atom is -0.468 e. The number of benzene rings is 2. The lowest BCUT2D eigenvalue weighted by Crippen LogP contribution is -2.37. The molecule has 0 saturated carbocycles. The Bertz CT molecular complexity index is 766. The first-order chi connectivity index (χ1) is 12.0. The van der Waals surface area contributed by atoms with Gasteiger partial charge in [-0.2, -0.15) is 0 Å². The van der Waals surface area contributed by atoms with E-state index in [0.717, 1.165) is 15.6 Å². The topological polar surface area (TPSA) is 81.5 Å². The molecule has 0 aromatic heterocycles. The molecule has 6 nitrogen and oxygen atoms in total. The molecule has 1 heterocycles. The Labute approximate surface area is 153 Å². The average Bonchev–Trinajstić information content (AvgIpc) is 3.03. The Balaban J connectivity index is 2.07. The molecule has 1 N–H and O–H groups in total. The number of ether oxygens (including phenoxy) is 1. The lowest BCUT2D eigenvalue weighted by molar-refractivity contribution is -0.527. The van der Waals surface area contributed by atoms with Crippen molar-refractivity contribution in [3.63, 3.8) is 0 Å². The summed E-state index contributed by atoms with van der Waals surface area (Å²) in [6.45, 7) is 0. The number of methoxy groups -OCH3 is 1. The molecule has 0 aliphatic carbocycles. The van der Waals surface area contributed by atoms with Crippen molar-refractivity contribution in [1.29, 1.82) is 0 Å². The van der Waals surface area contributed by atoms with Crippen LogP contribution in [0.15, 0.2) is 59.1 Å². The van der Waals surface area contributed by atoms with Gasteiger partial charge in [-0.3, -0.25) is 20.2 Å². The molecule has 0 unspecified atom stereocenters. The molecule has 130 valence electrons. The van der Waals surface area contributed by atoms with Crippen molar-refractivity contribution in [1.82, 2.24) is 5.32 Å². The summed E-state index contributed by atoms with van der Waals surface area (Å²) in [5.74, 6) is -1.11. The lowest BCUT2D eigenvalue weighted by atomic mass is 9.85. The fraction of sp³-hybridized carbons (Fsp3) is 0.278. The van der Waals surface area contributed by atoms with Crippen LogP contribution in [0.1, 0.15) is 23.1 Å². The average molecular weight is 405 g/mol. The molecular weight excluding hydrogens is 388 g/mol. The Hall–Kier alpha value is -2.25. The molecule has 2 aromatic rings. The predicted molar refractivity (Wildman–Crippen MR) is 95.8 cm³/mol. The highest BCUT2D eigenvalue weighted by Crippen LogP contribution is 2.40. The van der Waals surface area contributed by atoms with E-state index in [1.165, 1.54) is 7.11 Å². The fourth-order valence-corrected chi connectivity index (χ4v) is 3.69. The molecule has 1 saturated heterocycles. The highest BCUT2D eigenvalue weighted by atomic mass is 79.9. The number of rotatable bonds is 4. The van der Waals surface area contributed by atoms with E-state index in [2.05, 4.69) is 21.2 Å². The zero-order valence-corrected chi connectivity index (χ0v) is 15.0. The first-order valence-corrected chi connectivity index (χ1v) is 8.60. The minimum absolute atomic E-state index is 0.305.